The molecule has 1 heterocycles. The molecular formula is C12H9ClN4. The van der Waals surface area contributed by atoms with E-state index in [2.05, 4.69) is 21.8 Å². The number of nitrogen functional groups attached to an aromatic ring is 2. The first-order valence-electron chi connectivity index (χ1n) is 4.80. The highest BCUT2D eigenvalue weighted by molar-refractivity contribution is 6.30. The highest BCUT2D eigenvalue weighted by Crippen LogP contribution is 2.15. The maximum atomic E-state index is 5.87. The number of rotatable bonds is 0. The van der Waals surface area contributed by atoms with Gasteiger partial charge in [-0.3, -0.25) is 0 Å². The molecule has 0 spiro atoms. The Labute approximate surface area is 104 Å². The summed E-state index contributed by atoms with van der Waals surface area (Å²) in [4.78, 5) is 7.64. The van der Waals surface area contributed by atoms with Crippen LogP contribution in [0.1, 0.15) is 11.1 Å². The fourth-order valence-electron chi connectivity index (χ4n) is 1.24. The van der Waals surface area contributed by atoms with E-state index < -0.39 is 0 Å². The van der Waals surface area contributed by atoms with Crippen molar-refractivity contribution in [1.82, 2.24) is 9.97 Å². The molecule has 0 amide bonds. The summed E-state index contributed by atoms with van der Waals surface area (Å²) >= 11 is 5.87. The summed E-state index contributed by atoms with van der Waals surface area (Å²) in [7, 11) is 0. The lowest BCUT2D eigenvalue weighted by Crippen LogP contribution is -1.96. The average Bonchev–Trinajstić information content (AvgIpc) is 2.28. The summed E-state index contributed by atoms with van der Waals surface area (Å²) < 4.78 is 0. The standard InChI is InChI=1S/C12H9ClN4/c13-11-10(12(15)17-7-16-11)5-4-8-2-1-3-9(14)6-8/h1-3,6-7H,14H2,(H2,15,16,17). The van der Waals surface area contributed by atoms with Gasteiger partial charge in [0.1, 0.15) is 22.9 Å². The zero-order valence-electron chi connectivity index (χ0n) is 8.81. The second-order valence-electron chi connectivity index (χ2n) is 3.30. The lowest BCUT2D eigenvalue weighted by molar-refractivity contribution is 1.17. The van der Waals surface area contributed by atoms with Gasteiger partial charge in [0.05, 0.1) is 0 Å². The molecule has 0 aliphatic rings. The Bertz CT molecular complexity index is 593. The molecule has 0 atom stereocenters. The van der Waals surface area contributed by atoms with E-state index in [1.165, 1.54) is 6.33 Å². The molecule has 0 saturated heterocycles. The van der Waals surface area contributed by atoms with E-state index in [1.807, 2.05) is 12.1 Å². The molecule has 0 radical (unpaired) electrons. The number of benzene rings is 1. The van der Waals surface area contributed by atoms with Crippen LogP contribution in [-0.4, -0.2) is 9.97 Å². The first kappa shape index (κ1) is 11.2. The highest BCUT2D eigenvalue weighted by Gasteiger charge is 2.03. The second kappa shape index (κ2) is 4.73. The molecule has 0 aliphatic heterocycles. The van der Waals surface area contributed by atoms with E-state index in [1.54, 1.807) is 12.1 Å². The Morgan fingerprint density at radius 1 is 1.12 bits per heavy atom. The van der Waals surface area contributed by atoms with Gasteiger partial charge in [-0.1, -0.05) is 29.5 Å². The van der Waals surface area contributed by atoms with Crippen molar-refractivity contribution in [3.05, 3.63) is 46.9 Å². The van der Waals surface area contributed by atoms with Crippen molar-refractivity contribution in [2.75, 3.05) is 11.5 Å². The number of nitrogens with two attached hydrogens (primary N) is 2. The number of nitrogens with zero attached hydrogens (tertiary/aromatic N) is 2. The number of hydrogen-bond donors (Lipinski definition) is 2. The van der Waals surface area contributed by atoms with Gasteiger partial charge < -0.3 is 11.5 Å². The Morgan fingerprint density at radius 3 is 2.65 bits per heavy atom. The van der Waals surface area contributed by atoms with Gasteiger partial charge in [0.25, 0.3) is 0 Å². The van der Waals surface area contributed by atoms with E-state index in [0.717, 1.165) is 5.56 Å². The molecule has 1 aromatic carbocycles. The first-order chi connectivity index (χ1) is 8.16. The summed E-state index contributed by atoms with van der Waals surface area (Å²) in [6, 6.07) is 7.22. The molecular weight excluding hydrogens is 236 g/mol. The van der Waals surface area contributed by atoms with Gasteiger partial charge in [-0.2, -0.15) is 0 Å². The van der Waals surface area contributed by atoms with E-state index in [-0.39, 0.29) is 11.0 Å². The SMILES string of the molecule is Nc1cccc(C#Cc2c(N)ncnc2Cl)c1. The Morgan fingerprint density at radius 2 is 1.94 bits per heavy atom. The molecule has 2 rings (SSSR count). The predicted molar refractivity (Wildman–Crippen MR) is 68.3 cm³/mol. The first-order valence-corrected chi connectivity index (χ1v) is 5.18. The Kier molecular flexibility index (Phi) is 3.12. The maximum absolute atomic E-state index is 5.87. The molecule has 0 bridgehead atoms. The third-order valence-corrected chi connectivity index (χ3v) is 2.34. The number of hydrogen-bond acceptors (Lipinski definition) is 4. The molecule has 0 fully saturated rings. The Hall–Kier alpha value is -2.25. The summed E-state index contributed by atoms with van der Waals surface area (Å²) in [5, 5.41) is 0.244. The van der Waals surface area contributed by atoms with Gasteiger partial charge in [-0.05, 0) is 18.2 Å². The predicted octanol–water partition coefficient (Wildman–Crippen LogP) is 1.69. The highest BCUT2D eigenvalue weighted by atomic mass is 35.5. The molecule has 5 heteroatoms. The van der Waals surface area contributed by atoms with Crippen LogP contribution in [0, 0.1) is 11.8 Å². The van der Waals surface area contributed by atoms with Crippen molar-refractivity contribution >= 4 is 23.1 Å². The minimum absolute atomic E-state index is 0.244. The van der Waals surface area contributed by atoms with Crippen LogP contribution in [0.4, 0.5) is 11.5 Å². The van der Waals surface area contributed by atoms with Crippen LogP contribution in [0.25, 0.3) is 0 Å². The van der Waals surface area contributed by atoms with Crippen molar-refractivity contribution in [3.8, 4) is 11.8 Å². The van der Waals surface area contributed by atoms with Gasteiger partial charge in [0.15, 0.2) is 0 Å². The minimum Gasteiger partial charge on any atom is -0.399 e. The van der Waals surface area contributed by atoms with Crippen molar-refractivity contribution < 1.29 is 0 Å². The zero-order chi connectivity index (χ0) is 12.3. The topological polar surface area (TPSA) is 77.8 Å². The third-order valence-electron chi connectivity index (χ3n) is 2.05. The molecule has 1 aromatic heterocycles. The van der Waals surface area contributed by atoms with Gasteiger partial charge in [0.2, 0.25) is 0 Å². The van der Waals surface area contributed by atoms with Crippen LogP contribution in [-0.2, 0) is 0 Å². The quantitative estimate of drug-likeness (QED) is 0.420. The molecule has 4 nitrogen and oxygen atoms in total. The van der Waals surface area contributed by atoms with E-state index >= 15 is 0 Å². The summed E-state index contributed by atoms with van der Waals surface area (Å²) in [5.74, 6) is 6.01. The summed E-state index contributed by atoms with van der Waals surface area (Å²) in [5.41, 5.74) is 13.2. The summed E-state index contributed by atoms with van der Waals surface area (Å²) in [6.45, 7) is 0. The minimum atomic E-state index is 0.244. The van der Waals surface area contributed by atoms with Crippen molar-refractivity contribution in [2.45, 2.75) is 0 Å². The lowest BCUT2D eigenvalue weighted by atomic mass is 10.2. The summed E-state index contributed by atoms with van der Waals surface area (Å²) in [6.07, 6.45) is 1.29. The normalized spacial score (nSPS) is 9.47. The zero-order valence-corrected chi connectivity index (χ0v) is 9.57. The van der Waals surface area contributed by atoms with Crippen LogP contribution in [0.3, 0.4) is 0 Å². The third kappa shape index (κ3) is 2.65. The van der Waals surface area contributed by atoms with E-state index in [4.69, 9.17) is 23.1 Å². The van der Waals surface area contributed by atoms with Crippen molar-refractivity contribution in [1.29, 1.82) is 0 Å². The average molecular weight is 245 g/mol. The molecule has 2 aromatic rings. The fourth-order valence-corrected chi connectivity index (χ4v) is 1.43. The van der Waals surface area contributed by atoms with Gasteiger partial charge >= 0.3 is 0 Å². The smallest absolute Gasteiger partial charge is 0.150 e. The largest absolute Gasteiger partial charge is 0.399 e. The molecule has 0 saturated carbocycles. The monoisotopic (exact) mass is 244 g/mol. The van der Waals surface area contributed by atoms with Gasteiger partial charge in [0, 0.05) is 11.3 Å². The number of anilines is 2. The number of aromatic nitrogens is 2. The molecule has 4 N–H and O–H groups in total. The van der Waals surface area contributed by atoms with E-state index in [9.17, 15) is 0 Å². The lowest BCUT2D eigenvalue weighted by Gasteiger charge is -1.97. The van der Waals surface area contributed by atoms with Crippen LogP contribution in [0.5, 0.6) is 0 Å². The van der Waals surface area contributed by atoms with Crippen LogP contribution in [0.15, 0.2) is 30.6 Å². The molecule has 0 unspecified atom stereocenters. The molecule has 84 valence electrons. The molecule has 17 heavy (non-hydrogen) atoms. The van der Waals surface area contributed by atoms with E-state index in [0.29, 0.717) is 11.3 Å². The van der Waals surface area contributed by atoms with Crippen molar-refractivity contribution in [3.63, 3.8) is 0 Å². The fraction of sp³-hybridized carbons (Fsp3) is 0. The Balaban J connectivity index is 2.40. The van der Waals surface area contributed by atoms with Crippen LogP contribution >= 0.6 is 11.6 Å². The number of halogens is 1. The van der Waals surface area contributed by atoms with Crippen LogP contribution in [0.2, 0.25) is 5.15 Å². The molecule has 0 aliphatic carbocycles. The second-order valence-corrected chi connectivity index (χ2v) is 3.66. The van der Waals surface area contributed by atoms with Gasteiger partial charge in [-0.25, -0.2) is 9.97 Å². The van der Waals surface area contributed by atoms with Crippen LogP contribution < -0.4 is 11.5 Å². The maximum Gasteiger partial charge on any atom is 0.150 e. The van der Waals surface area contributed by atoms with Crippen molar-refractivity contribution in [2.24, 2.45) is 0 Å². The van der Waals surface area contributed by atoms with Gasteiger partial charge in [-0.15, -0.1) is 0 Å².